The van der Waals surface area contributed by atoms with E-state index >= 15 is 0 Å². The molecule has 0 bridgehead atoms. The Morgan fingerprint density at radius 1 is 0.696 bits per heavy atom. The summed E-state index contributed by atoms with van der Waals surface area (Å²) in [5.41, 5.74) is 9.71. The Balaban J connectivity index is 0.000000270. The van der Waals surface area contributed by atoms with Gasteiger partial charge in [0.1, 0.15) is 0 Å². The van der Waals surface area contributed by atoms with Gasteiger partial charge in [-0.3, -0.25) is 6.08 Å². The monoisotopic (exact) mass is 738 g/mol. The molecule has 0 aromatic heterocycles. The quantitative estimate of drug-likeness (QED) is 0.158. The van der Waals surface area contributed by atoms with E-state index in [0.29, 0.717) is 5.56 Å². The van der Waals surface area contributed by atoms with Crippen LogP contribution >= 0.6 is 24.8 Å². The number of hydrogen-bond acceptors (Lipinski definition) is 0. The van der Waals surface area contributed by atoms with E-state index in [1.807, 2.05) is 42.5 Å². The van der Waals surface area contributed by atoms with Crippen molar-refractivity contribution in [1.29, 1.82) is 0 Å². The Hall–Kier alpha value is -2.52. The largest absolute Gasteiger partial charge is 0.273 e. The summed E-state index contributed by atoms with van der Waals surface area (Å²) in [7, 11) is 0. The maximum Gasteiger partial charge on any atom is -0.109 e. The first kappa shape index (κ1) is 39.7. The van der Waals surface area contributed by atoms with Gasteiger partial charge in [0, 0.05) is 0 Å². The second-order valence-corrected chi connectivity index (χ2v) is 14.4. The van der Waals surface area contributed by atoms with Crippen LogP contribution in [0.3, 0.4) is 0 Å². The number of fused-ring (bicyclic) bond motifs is 3. The first-order chi connectivity index (χ1) is 20.6. The van der Waals surface area contributed by atoms with Crippen molar-refractivity contribution in [2.75, 3.05) is 0 Å². The summed E-state index contributed by atoms with van der Waals surface area (Å²) in [6, 6.07) is 30.1. The number of hydrogen-bond donors (Lipinski definition) is 0. The molecule has 240 valence electrons. The minimum atomic E-state index is -4.29. The van der Waals surface area contributed by atoms with Gasteiger partial charge in [0.15, 0.2) is 0 Å². The van der Waals surface area contributed by atoms with Crippen molar-refractivity contribution in [3.05, 3.63) is 154 Å². The summed E-state index contributed by atoms with van der Waals surface area (Å²) in [6.45, 7) is 13.6. The van der Waals surface area contributed by atoms with Crippen molar-refractivity contribution in [3.63, 3.8) is 0 Å². The van der Waals surface area contributed by atoms with Gasteiger partial charge in [-0.15, -0.1) is 42.4 Å². The molecular formula is C40H41Cl2F3Zr. The third-order valence-corrected chi connectivity index (χ3v) is 9.01. The van der Waals surface area contributed by atoms with E-state index in [2.05, 4.69) is 90.1 Å². The van der Waals surface area contributed by atoms with Crippen LogP contribution in [0.5, 0.6) is 0 Å². The number of rotatable bonds is 2. The van der Waals surface area contributed by atoms with Crippen LogP contribution in [0.25, 0.3) is 11.1 Å². The predicted molar refractivity (Wildman–Crippen MR) is 188 cm³/mol. The molecule has 0 unspecified atom stereocenters. The normalized spacial score (nSPS) is 12.8. The van der Waals surface area contributed by atoms with E-state index in [-0.39, 0.29) is 35.6 Å². The van der Waals surface area contributed by atoms with E-state index in [4.69, 9.17) is 0 Å². The van der Waals surface area contributed by atoms with E-state index in [1.165, 1.54) is 45.5 Å². The smallest absolute Gasteiger partial charge is 0.109 e. The summed E-state index contributed by atoms with van der Waals surface area (Å²) in [4.78, 5) is 0. The van der Waals surface area contributed by atoms with Gasteiger partial charge in [-0.05, 0) is 28.4 Å². The van der Waals surface area contributed by atoms with Crippen molar-refractivity contribution >= 4 is 28.0 Å². The van der Waals surface area contributed by atoms with Crippen LogP contribution in [0.15, 0.2) is 103 Å². The van der Waals surface area contributed by atoms with Crippen molar-refractivity contribution in [2.45, 2.75) is 71.4 Å². The van der Waals surface area contributed by atoms with Gasteiger partial charge in [0.05, 0.1) is 0 Å². The fraction of sp³-hybridized carbons (Fsp3) is 0.275. The first-order valence-electron chi connectivity index (χ1n) is 14.9. The number of benzene rings is 4. The molecule has 0 spiro atoms. The summed E-state index contributed by atoms with van der Waals surface area (Å²) in [6.07, 6.45) is 6.74. The summed E-state index contributed by atoms with van der Waals surface area (Å²) in [5, 5.41) is 0. The molecule has 0 N–H and O–H groups in total. The molecule has 0 saturated heterocycles. The molecule has 4 aromatic rings. The van der Waals surface area contributed by atoms with Crippen molar-refractivity contribution in [3.8, 4) is 11.1 Å². The maximum atomic E-state index is 12.6. The third kappa shape index (κ3) is 10.5. The van der Waals surface area contributed by atoms with E-state index in [0.717, 1.165) is 51.9 Å². The molecule has 0 atom stereocenters. The van der Waals surface area contributed by atoms with Gasteiger partial charge < -0.3 is 0 Å². The molecule has 0 saturated carbocycles. The molecular weight excluding hydrogens is 700 g/mol. The zero-order chi connectivity index (χ0) is 32.1. The minimum Gasteiger partial charge on any atom is -0.273 e. The predicted octanol–water partition coefficient (Wildman–Crippen LogP) is 11.6. The minimum absolute atomic E-state index is 0. The van der Waals surface area contributed by atoms with Gasteiger partial charge >= 0.3 is 118 Å². The van der Waals surface area contributed by atoms with E-state index in [9.17, 15) is 13.2 Å². The van der Waals surface area contributed by atoms with Crippen molar-refractivity contribution in [1.82, 2.24) is 0 Å². The summed E-state index contributed by atoms with van der Waals surface area (Å²) < 4.78 is 38.8. The van der Waals surface area contributed by atoms with Gasteiger partial charge in [0.2, 0.25) is 0 Å². The zero-order valence-corrected chi connectivity index (χ0v) is 31.3. The summed E-state index contributed by atoms with van der Waals surface area (Å²) >= 11 is 1.09. The Morgan fingerprint density at radius 3 is 1.89 bits per heavy atom. The van der Waals surface area contributed by atoms with Crippen molar-refractivity contribution in [2.24, 2.45) is 0 Å². The Bertz CT molecular complexity index is 1600. The second-order valence-electron chi connectivity index (χ2n) is 13.1. The average molecular weight is 741 g/mol. The van der Waals surface area contributed by atoms with Gasteiger partial charge in [-0.1, -0.05) is 65.3 Å². The summed E-state index contributed by atoms with van der Waals surface area (Å²) in [5.74, 6) is 0. The molecule has 46 heavy (non-hydrogen) atoms. The van der Waals surface area contributed by atoms with Crippen LogP contribution in [0.1, 0.15) is 86.9 Å². The Morgan fingerprint density at radius 2 is 1.35 bits per heavy atom. The number of halogens is 5. The van der Waals surface area contributed by atoms with Crippen LogP contribution in [-0.2, 0) is 47.7 Å². The van der Waals surface area contributed by atoms with Crippen LogP contribution in [0.2, 0.25) is 0 Å². The van der Waals surface area contributed by atoms with Crippen LogP contribution in [-0.4, -0.2) is 3.21 Å². The zero-order valence-electron chi connectivity index (χ0n) is 27.2. The molecule has 2 aliphatic rings. The average Bonchev–Trinajstić information content (AvgIpc) is 3.68. The van der Waals surface area contributed by atoms with Gasteiger partial charge in [0.25, 0.3) is 0 Å². The van der Waals surface area contributed by atoms with Gasteiger partial charge in [-0.2, -0.15) is 29.8 Å². The fourth-order valence-corrected chi connectivity index (χ4v) is 5.78. The third-order valence-electron chi connectivity index (χ3n) is 7.59. The Labute approximate surface area is 300 Å². The molecule has 0 aliphatic heterocycles. The molecule has 0 amide bonds. The molecule has 0 heterocycles. The Kier molecular flexibility index (Phi) is 14.3. The molecule has 0 radical (unpaired) electrons. The van der Waals surface area contributed by atoms with E-state index < -0.39 is 11.7 Å². The maximum absolute atomic E-state index is 12.6. The van der Waals surface area contributed by atoms with Crippen LogP contribution in [0, 0.1) is 12.1 Å². The first-order valence-corrected chi connectivity index (χ1v) is 16.1. The second kappa shape index (κ2) is 16.5. The fourth-order valence-electron chi connectivity index (χ4n) is 4.99. The molecule has 4 aromatic carbocycles. The molecule has 6 heteroatoms. The SMILES string of the molecule is CC(C)(C)c1[c-]c2c(cc1)-c1ccc(C(C)(C)C)cc1C2.Cl.Cl.FC(F)(F)c1cccc([C](=[Zr+2])c2ccccc2)c1.[C-]1=CC=CC1. The molecule has 6 rings (SSSR count). The topological polar surface area (TPSA) is 0 Å². The molecule has 2 aliphatic carbocycles. The van der Waals surface area contributed by atoms with Crippen LogP contribution in [0.4, 0.5) is 13.2 Å². The van der Waals surface area contributed by atoms with Crippen LogP contribution < -0.4 is 0 Å². The standard InChI is InChI=1S/C21H25.C14H9F3.C5H5.2ClH.Zr/c1-20(2,3)16-7-9-18-14(12-16)11-15-13-17(21(4,5)6)8-10-19(15)18;15-14(16,17)13-8-4-7-12(10-13)9-11-5-2-1-3-6-11;1-2-4-5-3-1;;;/h7-10,12H,11H2,1-6H3;1-8,10H;1-3H,4H2;2*1H;/q-1;;-1;;;+2. The molecule has 0 nitrogen and oxygen atoms in total. The molecule has 0 fully saturated rings. The van der Waals surface area contributed by atoms with E-state index in [1.54, 1.807) is 6.07 Å². The van der Waals surface area contributed by atoms with Gasteiger partial charge in [-0.25, -0.2) is 12.2 Å². The number of allylic oxidation sites excluding steroid dienone is 4. The number of alkyl halides is 3. The van der Waals surface area contributed by atoms with Crippen molar-refractivity contribution < 1.29 is 37.4 Å².